The number of aryl methyl sites for hydroxylation is 2. The van der Waals surface area contributed by atoms with Gasteiger partial charge in [-0.05, 0) is 86.1 Å². The SMILES string of the molecule is CCCCCCCCCCCCC(CCCCCCCCCC)CCCCN1C(=O)/C(=C2/C(=O)N(CCCCC(CCCCCCCCCC)CCCCCCCCCCCC)c3cc(-c4ccc(C)s4)ccc32)c2ccc(-c3ccc(C)s3)cc21. The maximum atomic E-state index is 15.5. The van der Waals surface area contributed by atoms with E-state index in [1.807, 2.05) is 22.7 Å². The van der Waals surface area contributed by atoms with E-state index in [-0.39, 0.29) is 11.8 Å². The summed E-state index contributed by atoms with van der Waals surface area (Å²) >= 11 is 3.63. The van der Waals surface area contributed by atoms with Crippen LogP contribution >= 0.6 is 22.7 Å². The third kappa shape index (κ3) is 25.1. The summed E-state index contributed by atoms with van der Waals surface area (Å²) in [6.07, 6.45) is 61.9. The normalized spacial score (nSPS) is 14.8. The van der Waals surface area contributed by atoms with E-state index in [4.69, 9.17) is 0 Å². The van der Waals surface area contributed by atoms with E-state index in [0.29, 0.717) is 24.2 Å². The number of benzene rings is 2. The molecule has 4 heterocycles. The number of carbonyl (C=O) groups is 2. The molecule has 0 radical (unpaired) electrons. The fraction of sp³-hybridized carbons (Fsp3) is 0.700. The fourth-order valence-corrected chi connectivity index (χ4v) is 16.0. The maximum Gasteiger partial charge on any atom is 0.259 e. The molecule has 2 aliphatic heterocycles. The highest BCUT2D eigenvalue weighted by molar-refractivity contribution is 7.15. The van der Waals surface area contributed by atoms with Crippen LogP contribution in [0.25, 0.3) is 32.0 Å². The number of anilines is 2. The van der Waals surface area contributed by atoms with Crippen LogP contribution in [0.1, 0.15) is 344 Å². The van der Waals surface area contributed by atoms with Crippen LogP contribution in [0.15, 0.2) is 60.7 Å². The molecule has 0 aliphatic carbocycles. The largest absolute Gasteiger partial charge is 0.308 e. The molecule has 2 atom stereocenters. The van der Waals surface area contributed by atoms with E-state index in [2.05, 4.69) is 112 Å². The topological polar surface area (TPSA) is 40.6 Å². The molecule has 0 N–H and O–H groups in total. The number of unbranched alkanes of at least 4 members (excludes halogenated alkanes) is 34. The summed E-state index contributed by atoms with van der Waals surface area (Å²) in [5.74, 6) is 1.54. The van der Waals surface area contributed by atoms with Crippen LogP contribution in [-0.2, 0) is 9.59 Å². The lowest BCUT2D eigenvalue weighted by atomic mass is 9.89. The highest BCUT2D eigenvalue weighted by atomic mass is 32.1. The van der Waals surface area contributed by atoms with Crippen LogP contribution in [0.5, 0.6) is 0 Å². The van der Waals surface area contributed by atoms with Crippen molar-refractivity contribution in [3.63, 3.8) is 0 Å². The number of fused-ring (bicyclic) bond motifs is 2. The minimum Gasteiger partial charge on any atom is -0.308 e. The van der Waals surface area contributed by atoms with Gasteiger partial charge in [-0.25, -0.2) is 0 Å². The first-order valence-electron chi connectivity index (χ1n) is 37.1. The summed E-state index contributed by atoms with van der Waals surface area (Å²) in [5.41, 5.74) is 7.32. The Morgan fingerprint density at radius 2 is 0.570 bits per heavy atom. The number of carbonyl (C=O) groups excluding carboxylic acids is 2. The van der Waals surface area contributed by atoms with Gasteiger partial charge in [-0.15, -0.1) is 22.7 Å². The van der Waals surface area contributed by atoms with Gasteiger partial charge in [0.1, 0.15) is 0 Å². The molecule has 2 aromatic heterocycles. The Morgan fingerprint density at radius 1 is 0.314 bits per heavy atom. The third-order valence-corrected chi connectivity index (χ3v) is 21.8. The van der Waals surface area contributed by atoms with E-state index < -0.39 is 0 Å². The van der Waals surface area contributed by atoms with Crippen LogP contribution in [0.3, 0.4) is 0 Å². The van der Waals surface area contributed by atoms with E-state index >= 15 is 9.59 Å². The summed E-state index contributed by atoms with van der Waals surface area (Å²) in [5, 5.41) is 0. The molecule has 0 bridgehead atoms. The Bertz CT molecular complexity index is 2320. The molecule has 6 rings (SSSR count). The molecule has 2 amide bonds. The zero-order chi connectivity index (χ0) is 60.8. The van der Waals surface area contributed by atoms with Gasteiger partial charge in [0, 0.05) is 43.7 Å². The molecule has 6 heteroatoms. The molecule has 4 nitrogen and oxygen atoms in total. The predicted molar refractivity (Wildman–Crippen MR) is 383 cm³/mol. The minimum absolute atomic E-state index is 0.00486. The number of thiophene rings is 2. The van der Waals surface area contributed by atoms with E-state index in [1.165, 1.54) is 289 Å². The molecule has 0 saturated carbocycles. The Hall–Kier alpha value is -3.48. The average Bonchev–Trinajstić information content (AvgIpc) is 1.61. The Kier molecular flexibility index (Phi) is 36.0. The predicted octanol–water partition coefficient (Wildman–Crippen LogP) is 26.6. The number of amides is 2. The van der Waals surface area contributed by atoms with Crippen LogP contribution < -0.4 is 9.80 Å². The molecule has 2 aliphatic rings. The van der Waals surface area contributed by atoms with Crippen molar-refractivity contribution in [2.45, 2.75) is 337 Å². The Labute approximate surface area is 537 Å². The van der Waals surface area contributed by atoms with Crippen LogP contribution in [0.2, 0.25) is 0 Å². The maximum absolute atomic E-state index is 15.5. The summed E-state index contributed by atoms with van der Waals surface area (Å²) in [6.45, 7) is 15.0. The van der Waals surface area contributed by atoms with Crippen molar-refractivity contribution in [2.75, 3.05) is 22.9 Å². The third-order valence-electron chi connectivity index (χ3n) is 19.7. The summed E-state index contributed by atoms with van der Waals surface area (Å²) in [7, 11) is 0. The van der Waals surface area contributed by atoms with Gasteiger partial charge >= 0.3 is 0 Å². The molecule has 2 unspecified atom stereocenters. The minimum atomic E-state index is 0.00486. The van der Waals surface area contributed by atoms with Crippen molar-refractivity contribution in [2.24, 2.45) is 11.8 Å². The van der Waals surface area contributed by atoms with Gasteiger partial charge in [0.05, 0.1) is 22.5 Å². The molecule has 2 aromatic carbocycles. The first-order valence-corrected chi connectivity index (χ1v) is 38.7. The van der Waals surface area contributed by atoms with Crippen molar-refractivity contribution < 1.29 is 9.59 Å². The lowest BCUT2D eigenvalue weighted by Crippen LogP contribution is -2.30. The molecule has 4 aromatic rings. The van der Waals surface area contributed by atoms with Gasteiger partial charge < -0.3 is 9.80 Å². The zero-order valence-electron chi connectivity index (χ0n) is 56.4. The molecule has 0 spiro atoms. The van der Waals surface area contributed by atoms with Gasteiger partial charge in [0.25, 0.3) is 11.8 Å². The van der Waals surface area contributed by atoms with Crippen LogP contribution in [0.4, 0.5) is 11.4 Å². The van der Waals surface area contributed by atoms with Gasteiger partial charge in [0.2, 0.25) is 0 Å². The van der Waals surface area contributed by atoms with Crippen LogP contribution in [-0.4, -0.2) is 24.9 Å². The lowest BCUT2D eigenvalue weighted by Gasteiger charge is -2.20. The second kappa shape index (κ2) is 43.3. The van der Waals surface area contributed by atoms with Crippen LogP contribution in [0, 0.1) is 25.7 Å². The number of rotatable bonds is 52. The number of hydrogen-bond donors (Lipinski definition) is 0. The van der Waals surface area contributed by atoms with Crippen molar-refractivity contribution in [3.8, 4) is 20.9 Å². The molecular formula is C80H126N2O2S2. The zero-order valence-corrected chi connectivity index (χ0v) is 58.0. The van der Waals surface area contributed by atoms with Crippen molar-refractivity contribution >= 4 is 57.0 Å². The quantitative estimate of drug-likeness (QED) is 0.0327. The molecule has 0 saturated heterocycles. The van der Waals surface area contributed by atoms with E-state index in [1.54, 1.807) is 0 Å². The Morgan fingerprint density at radius 3 is 0.826 bits per heavy atom. The fourth-order valence-electron chi connectivity index (χ4n) is 14.3. The Balaban J connectivity index is 1.16. The van der Waals surface area contributed by atoms with Crippen molar-refractivity contribution in [1.29, 1.82) is 0 Å². The van der Waals surface area contributed by atoms with E-state index in [9.17, 15) is 0 Å². The van der Waals surface area contributed by atoms with Gasteiger partial charge in [0.15, 0.2) is 0 Å². The number of hydrogen-bond acceptors (Lipinski definition) is 4. The molecule has 86 heavy (non-hydrogen) atoms. The van der Waals surface area contributed by atoms with Gasteiger partial charge in [-0.2, -0.15) is 0 Å². The lowest BCUT2D eigenvalue weighted by molar-refractivity contribution is -0.114. The molecule has 0 fully saturated rings. The van der Waals surface area contributed by atoms with Crippen molar-refractivity contribution in [3.05, 3.63) is 81.5 Å². The number of nitrogens with zero attached hydrogens (tertiary/aromatic N) is 2. The monoisotopic (exact) mass is 1210 g/mol. The highest BCUT2D eigenvalue weighted by Gasteiger charge is 2.42. The second-order valence-corrected chi connectivity index (χ2v) is 29.7. The van der Waals surface area contributed by atoms with Crippen molar-refractivity contribution in [1.82, 2.24) is 0 Å². The summed E-state index contributed by atoms with van der Waals surface area (Å²) in [4.78, 5) is 40.2. The second-order valence-electron chi connectivity index (χ2n) is 27.1. The standard InChI is InChI=1S/C80H126N2O2S2/c1-7-11-15-19-23-27-29-33-37-41-49-67(47-39-35-31-25-21-17-13-9-3)51-43-45-61-81-73-63-69(75-59-53-65(5)85-75)55-57-71(73)77(79(81)83)78-72-58-56-70(76-60-54-66(6)86-76)64-74(72)82(80(78)84)62-46-44-52-68(48-40-36-32-26-22-18-14-10-4)50-42-38-34-30-28-24-20-16-12-8-2/h53-60,63-64,67-68H,7-52,61-62H2,1-6H3/b78-77+. The first-order chi connectivity index (χ1) is 42.3. The van der Waals surface area contributed by atoms with Gasteiger partial charge in [-0.3, -0.25) is 9.59 Å². The smallest absolute Gasteiger partial charge is 0.259 e. The average molecular weight is 1210 g/mol. The van der Waals surface area contributed by atoms with Gasteiger partial charge in [-0.1, -0.05) is 334 Å². The first kappa shape index (κ1) is 71.6. The highest BCUT2D eigenvalue weighted by Crippen LogP contribution is 2.49. The molecule has 480 valence electrons. The molecular weight excluding hydrogens is 1090 g/mol. The summed E-state index contributed by atoms with van der Waals surface area (Å²) < 4.78 is 0. The van der Waals surface area contributed by atoms with E-state index in [0.717, 1.165) is 71.1 Å². The summed E-state index contributed by atoms with van der Waals surface area (Å²) in [6, 6.07) is 22.1.